The number of thiophene rings is 1. The van der Waals surface area contributed by atoms with Crippen molar-refractivity contribution < 1.29 is 0 Å². The van der Waals surface area contributed by atoms with Crippen LogP contribution in [0.1, 0.15) is 37.5 Å². The van der Waals surface area contributed by atoms with Gasteiger partial charge in [-0.15, -0.1) is 23.2 Å². The van der Waals surface area contributed by atoms with E-state index in [1.54, 1.807) is 0 Å². The molecule has 1 heterocycles. The lowest BCUT2D eigenvalue weighted by molar-refractivity contribution is 0.813. The van der Waals surface area contributed by atoms with Gasteiger partial charge in [0.2, 0.25) is 0 Å². The molecule has 0 N–H and O–H groups in total. The average Bonchev–Trinajstić information content (AvgIpc) is 2.56. The largest absolute Gasteiger partial charge is 0.149 e. The zero-order chi connectivity index (χ0) is 8.81. The van der Waals surface area contributed by atoms with E-state index in [0.29, 0.717) is 5.92 Å². The molecule has 1 aromatic rings. The number of rotatable bonds is 2. The molecule has 0 amide bonds. The van der Waals surface area contributed by atoms with Gasteiger partial charge in [-0.25, -0.2) is 0 Å². The molecule has 1 unspecified atom stereocenters. The topological polar surface area (TPSA) is 0 Å². The van der Waals surface area contributed by atoms with E-state index >= 15 is 0 Å². The zero-order valence-electron chi connectivity index (χ0n) is 7.63. The van der Waals surface area contributed by atoms with E-state index in [1.807, 2.05) is 11.3 Å². The van der Waals surface area contributed by atoms with Crippen molar-refractivity contribution in [3.8, 4) is 11.8 Å². The minimum Gasteiger partial charge on any atom is -0.149 e. The van der Waals surface area contributed by atoms with Crippen molar-refractivity contribution in [1.29, 1.82) is 0 Å². The third kappa shape index (κ3) is 2.71. The lowest BCUT2D eigenvalue weighted by Crippen LogP contribution is -1.86. The fourth-order valence-corrected chi connectivity index (χ4v) is 1.81. The molecular formula is C11H14S. The molecule has 0 aliphatic carbocycles. The minimum atomic E-state index is 0.601. The maximum atomic E-state index is 3.18. The van der Waals surface area contributed by atoms with Crippen molar-refractivity contribution in [2.24, 2.45) is 0 Å². The van der Waals surface area contributed by atoms with E-state index in [0.717, 1.165) is 12.8 Å². The Balaban J connectivity index is 2.44. The van der Waals surface area contributed by atoms with Crippen LogP contribution < -0.4 is 0 Å². The van der Waals surface area contributed by atoms with Gasteiger partial charge >= 0.3 is 0 Å². The lowest BCUT2D eigenvalue weighted by atomic mass is 10.1. The standard InChI is InChI=1S/C11H14S/c1-3-4-5-7-10(2)11-8-6-9-12-11/h6,8-10H,3,7H2,1-2H3. The van der Waals surface area contributed by atoms with Crippen LogP contribution in [0.3, 0.4) is 0 Å². The highest BCUT2D eigenvalue weighted by molar-refractivity contribution is 7.10. The predicted octanol–water partition coefficient (Wildman–Crippen LogP) is 3.66. The van der Waals surface area contributed by atoms with Gasteiger partial charge in [-0.3, -0.25) is 0 Å². The molecule has 1 rings (SSSR count). The Bertz CT molecular complexity index is 261. The highest BCUT2D eigenvalue weighted by Gasteiger charge is 2.02. The first kappa shape index (κ1) is 9.35. The van der Waals surface area contributed by atoms with Gasteiger partial charge in [-0.05, 0) is 11.4 Å². The average molecular weight is 178 g/mol. The van der Waals surface area contributed by atoms with Crippen LogP contribution in [-0.2, 0) is 0 Å². The molecular weight excluding hydrogens is 164 g/mol. The second kappa shape index (κ2) is 5.00. The summed E-state index contributed by atoms with van der Waals surface area (Å²) in [5.41, 5.74) is 0. The molecule has 0 spiro atoms. The SMILES string of the molecule is CCC#CCC(C)c1cccs1. The van der Waals surface area contributed by atoms with Crippen LogP contribution in [-0.4, -0.2) is 0 Å². The first-order valence-corrected chi connectivity index (χ1v) is 5.21. The highest BCUT2D eigenvalue weighted by Crippen LogP contribution is 2.22. The Kier molecular flexibility index (Phi) is 3.90. The smallest absolute Gasteiger partial charge is 0.0163 e. The Labute approximate surface area is 78.6 Å². The van der Waals surface area contributed by atoms with Crippen molar-refractivity contribution >= 4 is 11.3 Å². The van der Waals surface area contributed by atoms with E-state index in [4.69, 9.17) is 0 Å². The van der Waals surface area contributed by atoms with E-state index in [2.05, 4.69) is 43.2 Å². The monoisotopic (exact) mass is 178 g/mol. The van der Waals surface area contributed by atoms with Crippen LogP contribution in [0.25, 0.3) is 0 Å². The molecule has 1 aromatic heterocycles. The normalized spacial score (nSPS) is 11.8. The Morgan fingerprint density at radius 1 is 1.50 bits per heavy atom. The van der Waals surface area contributed by atoms with Crippen molar-refractivity contribution in [2.75, 3.05) is 0 Å². The van der Waals surface area contributed by atoms with Gasteiger partial charge < -0.3 is 0 Å². The fraction of sp³-hybridized carbons (Fsp3) is 0.455. The second-order valence-corrected chi connectivity index (χ2v) is 3.81. The third-order valence-corrected chi connectivity index (χ3v) is 2.84. The lowest BCUT2D eigenvalue weighted by Gasteiger charge is -2.02. The summed E-state index contributed by atoms with van der Waals surface area (Å²) in [6.07, 6.45) is 1.96. The fourth-order valence-electron chi connectivity index (χ4n) is 1.02. The van der Waals surface area contributed by atoms with Crippen LogP contribution >= 0.6 is 11.3 Å². The van der Waals surface area contributed by atoms with E-state index in [9.17, 15) is 0 Å². The van der Waals surface area contributed by atoms with Crippen molar-refractivity contribution in [3.05, 3.63) is 22.4 Å². The molecule has 0 saturated carbocycles. The van der Waals surface area contributed by atoms with Crippen molar-refractivity contribution in [1.82, 2.24) is 0 Å². The van der Waals surface area contributed by atoms with E-state index < -0.39 is 0 Å². The molecule has 0 bridgehead atoms. The molecule has 0 saturated heterocycles. The van der Waals surface area contributed by atoms with E-state index in [-0.39, 0.29) is 0 Å². The predicted molar refractivity (Wildman–Crippen MR) is 55.4 cm³/mol. The molecule has 12 heavy (non-hydrogen) atoms. The summed E-state index contributed by atoms with van der Waals surface area (Å²) in [5, 5.41) is 2.12. The van der Waals surface area contributed by atoms with Gasteiger partial charge in [0.15, 0.2) is 0 Å². The van der Waals surface area contributed by atoms with Gasteiger partial charge in [-0.1, -0.05) is 19.9 Å². The second-order valence-electron chi connectivity index (χ2n) is 2.83. The van der Waals surface area contributed by atoms with Gasteiger partial charge in [-0.2, -0.15) is 0 Å². The molecule has 0 aromatic carbocycles. The van der Waals surface area contributed by atoms with E-state index in [1.165, 1.54) is 4.88 Å². The molecule has 0 fully saturated rings. The first-order valence-electron chi connectivity index (χ1n) is 4.33. The summed E-state index contributed by atoms with van der Waals surface area (Å²) in [6, 6.07) is 4.28. The first-order chi connectivity index (χ1) is 5.84. The highest BCUT2D eigenvalue weighted by atomic mass is 32.1. The molecule has 1 atom stereocenters. The Morgan fingerprint density at radius 3 is 2.92 bits per heavy atom. The van der Waals surface area contributed by atoms with Crippen LogP contribution in [0.2, 0.25) is 0 Å². The summed E-state index contributed by atoms with van der Waals surface area (Å²) >= 11 is 1.82. The zero-order valence-corrected chi connectivity index (χ0v) is 8.45. The van der Waals surface area contributed by atoms with Crippen molar-refractivity contribution in [2.45, 2.75) is 32.6 Å². The molecule has 64 valence electrons. The summed E-state index contributed by atoms with van der Waals surface area (Å²) < 4.78 is 0. The molecule has 0 aliphatic rings. The minimum absolute atomic E-state index is 0.601. The maximum absolute atomic E-state index is 3.18. The Morgan fingerprint density at radius 2 is 2.33 bits per heavy atom. The van der Waals surface area contributed by atoms with Gasteiger partial charge in [0.25, 0.3) is 0 Å². The van der Waals surface area contributed by atoms with Gasteiger partial charge in [0, 0.05) is 23.6 Å². The maximum Gasteiger partial charge on any atom is 0.0163 e. The number of hydrogen-bond acceptors (Lipinski definition) is 1. The quantitative estimate of drug-likeness (QED) is 0.606. The molecule has 0 radical (unpaired) electrons. The molecule has 1 heteroatoms. The summed E-state index contributed by atoms with van der Waals surface area (Å²) in [6.45, 7) is 4.32. The summed E-state index contributed by atoms with van der Waals surface area (Å²) in [4.78, 5) is 1.44. The van der Waals surface area contributed by atoms with Gasteiger partial charge in [0.1, 0.15) is 0 Å². The third-order valence-electron chi connectivity index (χ3n) is 1.74. The number of hydrogen-bond donors (Lipinski definition) is 0. The summed E-state index contributed by atoms with van der Waals surface area (Å²) in [7, 11) is 0. The Hall–Kier alpha value is -0.740. The van der Waals surface area contributed by atoms with Gasteiger partial charge in [0.05, 0.1) is 0 Å². The van der Waals surface area contributed by atoms with Crippen LogP contribution in [0.4, 0.5) is 0 Å². The van der Waals surface area contributed by atoms with Crippen LogP contribution in [0.5, 0.6) is 0 Å². The van der Waals surface area contributed by atoms with Crippen LogP contribution in [0, 0.1) is 11.8 Å². The molecule has 0 aliphatic heterocycles. The molecule has 0 nitrogen and oxygen atoms in total. The van der Waals surface area contributed by atoms with Crippen LogP contribution in [0.15, 0.2) is 17.5 Å². The summed E-state index contributed by atoms with van der Waals surface area (Å²) in [5.74, 6) is 6.88. The van der Waals surface area contributed by atoms with Crippen molar-refractivity contribution in [3.63, 3.8) is 0 Å².